The third-order valence-corrected chi connectivity index (χ3v) is 8.44. The first kappa shape index (κ1) is 30.1. The molecular weight excluding hydrogens is 549 g/mol. The summed E-state index contributed by atoms with van der Waals surface area (Å²) in [6.07, 6.45) is 5.41. The third-order valence-electron chi connectivity index (χ3n) is 6.71. The lowest BCUT2D eigenvalue weighted by Gasteiger charge is -2.30. The number of nitrogens with zero attached hydrogens (tertiary/aromatic N) is 2. The predicted octanol–water partition coefficient (Wildman–Crippen LogP) is 5.02. The van der Waals surface area contributed by atoms with Crippen molar-refractivity contribution in [1.82, 2.24) is 10.2 Å². The predicted molar refractivity (Wildman–Crippen MR) is 151 cm³/mol. The Hall–Kier alpha value is -2.49. The molecule has 0 aliphatic heterocycles. The van der Waals surface area contributed by atoms with Gasteiger partial charge >= 0.3 is 0 Å². The second kappa shape index (κ2) is 13.5. The van der Waals surface area contributed by atoms with E-state index < -0.39 is 16.1 Å². The minimum Gasteiger partial charge on any atom is -0.497 e. The highest BCUT2D eigenvalue weighted by Gasteiger charge is 2.29. The molecule has 0 spiro atoms. The number of methoxy groups -OCH3 is 1. The number of nitrogens with one attached hydrogen (secondary N) is 1. The second-order valence-electron chi connectivity index (χ2n) is 9.57. The number of benzene rings is 2. The Morgan fingerprint density at radius 1 is 1.11 bits per heavy atom. The summed E-state index contributed by atoms with van der Waals surface area (Å²) in [5.74, 6) is 0.252. The number of halogens is 2. The van der Waals surface area contributed by atoms with E-state index in [1.807, 2.05) is 12.1 Å². The maximum absolute atomic E-state index is 13.4. The monoisotopic (exact) mass is 583 g/mol. The van der Waals surface area contributed by atoms with Crippen LogP contribution in [0, 0.1) is 0 Å². The maximum atomic E-state index is 13.4. The first-order valence-corrected chi connectivity index (χ1v) is 15.3. The van der Waals surface area contributed by atoms with E-state index in [0.717, 1.165) is 41.8 Å². The molecule has 38 heavy (non-hydrogen) atoms. The number of amides is 2. The fourth-order valence-electron chi connectivity index (χ4n) is 4.56. The summed E-state index contributed by atoms with van der Waals surface area (Å²) >= 11 is 12.3. The minimum absolute atomic E-state index is 0.0314. The molecule has 1 atom stereocenters. The largest absolute Gasteiger partial charge is 0.497 e. The molecular formula is C27H35Cl2N3O5S. The van der Waals surface area contributed by atoms with Crippen LogP contribution in [0.2, 0.25) is 10.0 Å². The molecule has 1 fully saturated rings. The summed E-state index contributed by atoms with van der Waals surface area (Å²) in [5.41, 5.74) is 1.11. The molecule has 3 rings (SSSR count). The lowest BCUT2D eigenvalue weighted by Crippen LogP contribution is -2.49. The van der Waals surface area contributed by atoms with Crippen LogP contribution in [0.15, 0.2) is 42.5 Å². The fraction of sp³-hybridized carbons (Fsp3) is 0.481. The van der Waals surface area contributed by atoms with E-state index in [1.54, 1.807) is 37.1 Å². The van der Waals surface area contributed by atoms with Gasteiger partial charge in [0.2, 0.25) is 21.8 Å². The number of carbonyl (C=O) groups excluding carboxylic acids is 2. The number of rotatable bonds is 12. The minimum atomic E-state index is -3.68. The smallest absolute Gasteiger partial charge is 0.242 e. The first-order chi connectivity index (χ1) is 18.0. The number of hydrogen-bond acceptors (Lipinski definition) is 5. The highest BCUT2D eigenvalue weighted by atomic mass is 35.5. The summed E-state index contributed by atoms with van der Waals surface area (Å²) in [5, 5.41) is 3.67. The van der Waals surface area contributed by atoms with Crippen molar-refractivity contribution in [2.45, 2.75) is 64.1 Å². The Kier molecular flexibility index (Phi) is 10.7. The molecule has 0 heterocycles. The number of sulfonamides is 1. The highest BCUT2D eigenvalue weighted by Crippen LogP contribution is 2.31. The number of anilines is 1. The maximum Gasteiger partial charge on any atom is 0.242 e. The Bertz CT molecular complexity index is 1220. The van der Waals surface area contributed by atoms with Gasteiger partial charge in [-0.2, -0.15) is 0 Å². The van der Waals surface area contributed by atoms with E-state index >= 15 is 0 Å². The molecule has 1 N–H and O–H groups in total. The van der Waals surface area contributed by atoms with Crippen molar-refractivity contribution in [3.8, 4) is 5.75 Å². The fourth-order valence-corrected chi connectivity index (χ4v) is 5.97. The quantitative estimate of drug-likeness (QED) is 0.378. The van der Waals surface area contributed by atoms with E-state index in [4.69, 9.17) is 27.9 Å². The van der Waals surface area contributed by atoms with Gasteiger partial charge < -0.3 is 15.0 Å². The van der Waals surface area contributed by atoms with Gasteiger partial charge in [0.05, 0.1) is 24.1 Å². The van der Waals surface area contributed by atoms with Crippen molar-refractivity contribution >= 4 is 50.7 Å². The van der Waals surface area contributed by atoms with E-state index in [0.29, 0.717) is 10.8 Å². The summed E-state index contributed by atoms with van der Waals surface area (Å²) in [6.45, 7) is 1.99. The van der Waals surface area contributed by atoms with Crippen molar-refractivity contribution < 1.29 is 22.7 Å². The number of carbonyl (C=O) groups is 2. The van der Waals surface area contributed by atoms with Gasteiger partial charge in [-0.1, -0.05) is 48.2 Å². The lowest BCUT2D eigenvalue weighted by molar-refractivity contribution is -0.141. The van der Waals surface area contributed by atoms with Gasteiger partial charge in [0.15, 0.2) is 0 Å². The van der Waals surface area contributed by atoms with Crippen LogP contribution in [0.4, 0.5) is 5.69 Å². The molecule has 208 valence electrons. The summed E-state index contributed by atoms with van der Waals surface area (Å²) < 4.78 is 31.4. The van der Waals surface area contributed by atoms with Crippen molar-refractivity contribution in [2.24, 2.45) is 0 Å². The molecule has 11 heteroatoms. The number of hydrogen-bond donors (Lipinski definition) is 1. The Morgan fingerprint density at radius 2 is 1.76 bits per heavy atom. The van der Waals surface area contributed by atoms with Crippen molar-refractivity contribution in [2.75, 3.05) is 24.2 Å². The molecule has 0 bridgehead atoms. The standard InChI is InChI=1S/C27H35Cl2N3O5S/c1-19(27(34)30-22-7-4-5-8-22)31(18-20-10-13-23(37-2)14-11-20)26(33)9-6-16-32(38(3,35)36)25-17-21(28)12-15-24(25)29/h10-15,17,19,22H,4-9,16,18H2,1-3H3,(H,30,34)/t19-/m0/s1. The third kappa shape index (κ3) is 8.25. The van der Waals surface area contributed by atoms with E-state index in [1.165, 1.54) is 12.1 Å². The molecule has 0 radical (unpaired) electrons. The van der Waals surface area contributed by atoms with E-state index in [2.05, 4.69) is 5.32 Å². The van der Waals surface area contributed by atoms with Crippen LogP contribution >= 0.6 is 23.2 Å². The molecule has 0 unspecified atom stereocenters. The average Bonchev–Trinajstić information content (AvgIpc) is 3.39. The summed E-state index contributed by atoms with van der Waals surface area (Å²) in [4.78, 5) is 28.1. The highest BCUT2D eigenvalue weighted by molar-refractivity contribution is 7.92. The van der Waals surface area contributed by atoms with Gasteiger partial charge in [-0.15, -0.1) is 0 Å². The van der Waals surface area contributed by atoms with Crippen molar-refractivity contribution in [3.05, 3.63) is 58.1 Å². The topological polar surface area (TPSA) is 96.0 Å². The lowest BCUT2D eigenvalue weighted by atomic mass is 10.1. The van der Waals surface area contributed by atoms with Crippen LogP contribution in [-0.4, -0.2) is 57.1 Å². The van der Waals surface area contributed by atoms with Gasteiger partial charge in [-0.25, -0.2) is 8.42 Å². The molecule has 2 amide bonds. The molecule has 2 aromatic rings. The van der Waals surface area contributed by atoms with Gasteiger partial charge in [0.1, 0.15) is 11.8 Å². The van der Waals surface area contributed by atoms with Gasteiger partial charge in [-0.3, -0.25) is 13.9 Å². The molecule has 1 aliphatic rings. The second-order valence-corrected chi connectivity index (χ2v) is 12.3. The van der Waals surface area contributed by atoms with Crippen LogP contribution in [0.25, 0.3) is 0 Å². The van der Waals surface area contributed by atoms with Crippen LogP contribution in [0.5, 0.6) is 5.75 Å². The Labute approximate surface area is 235 Å². The molecule has 1 saturated carbocycles. The van der Waals surface area contributed by atoms with E-state index in [-0.39, 0.29) is 54.5 Å². The molecule has 8 nitrogen and oxygen atoms in total. The van der Waals surface area contributed by atoms with Crippen molar-refractivity contribution in [1.29, 1.82) is 0 Å². The van der Waals surface area contributed by atoms with E-state index in [9.17, 15) is 18.0 Å². The van der Waals surface area contributed by atoms with Gasteiger partial charge in [-0.05, 0) is 62.1 Å². The average molecular weight is 585 g/mol. The van der Waals surface area contributed by atoms with Crippen LogP contribution in [0.1, 0.15) is 51.0 Å². The SMILES string of the molecule is COc1ccc(CN(C(=O)CCCN(c2cc(Cl)ccc2Cl)S(C)(=O)=O)[C@@H](C)C(=O)NC2CCCC2)cc1. The summed E-state index contributed by atoms with van der Waals surface area (Å²) in [7, 11) is -2.10. The zero-order chi connectivity index (χ0) is 27.9. The molecule has 2 aromatic carbocycles. The zero-order valence-corrected chi connectivity index (χ0v) is 24.3. The first-order valence-electron chi connectivity index (χ1n) is 12.6. The van der Waals surface area contributed by atoms with Crippen LogP contribution in [0.3, 0.4) is 0 Å². The zero-order valence-electron chi connectivity index (χ0n) is 22.0. The Balaban J connectivity index is 1.74. The van der Waals surface area contributed by atoms with Gasteiger partial charge in [0.25, 0.3) is 0 Å². The molecule has 1 aliphatic carbocycles. The van der Waals surface area contributed by atoms with Crippen LogP contribution in [-0.2, 0) is 26.2 Å². The van der Waals surface area contributed by atoms with Crippen molar-refractivity contribution in [3.63, 3.8) is 0 Å². The summed E-state index contributed by atoms with van der Waals surface area (Å²) in [6, 6.07) is 11.3. The normalized spacial score (nSPS) is 14.7. The number of ether oxygens (including phenoxy) is 1. The molecule has 0 aromatic heterocycles. The Morgan fingerprint density at radius 3 is 2.37 bits per heavy atom. The molecule has 0 saturated heterocycles. The van der Waals surface area contributed by atoms with Gasteiger partial charge in [0, 0.05) is 30.6 Å². The van der Waals surface area contributed by atoms with Crippen LogP contribution < -0.4 is 14.4 Å².